The zero-order chi connectivity index (χ0) is 9.97. The minimum atomic E-state index is 0.244. The second-order valence-corrected chi connectivity index (χ2v) is 6.84. The Morgan fingerprint density at radius 3 is 2.07 bits per heavy atom. The molecule has 2 atom stereocenters. The molecule has 0 saturated heterocycles. The Morgan fingerprint density at radius 1 is 1.07 bits per heavy atom. The lowest BCUT2D eigenvalue weighted by Gasteiger charge is -2.62. The van der Waals surface area contributed by atoms with E-state index in [1.165, 1.54) is 38.5 Å². The van der Waals surface area contributed by atoms with E-state index in [2.05, 4.69) is 13.8 Å². The Morgan fingerprint density at radius 2 is 1.64 bits per heavy atom. The third-order valence-electron chi connectivity index (χ3n) is 5.38. The van der Waals surface area contributed by atoms with Crippen LogP contribution in [0.1, 0.15) is 52.4 Å². The van der Waals surface area contributed by atoms with Crippen LogP contribution < -0.4 is 5.73 Å². The summed E-state index contributed by atoms with van der Waals surface area (Å²) in [5, 5.41) is 0. The molecule has 4 aliphatic carbocycles. The number of rotatable bonds is 1. The molecular formula is C13H23N. The van der Waals surface area contributed by atoms with Crippen LogP contribution in [0.3, 0.4) is 0 Å². The van der Waals surface area contributed by atoms with E-state index in [0.717, 1.165) is 17.8 Å². The Labute approximate surface area is 87.4 Å². The molecule has 14 heavy (non-hydrogen) atoms. The van der Waals surface area contributed by atoms with Crippen LogP contribution in [-0.4, -0.2) is 5.54 Å². The highest BCUT2D eigenvalue weighted by Gasteiger charge is 2.56. The molecule has 0 heterocycles. The second-order valence-electron chi connectivity index (χ2n) is 6.84. The van der Waals surface area contributed by atoms with Gasteiger partial charge in [-0.05, 0) is 61.7 Å². The van der Waals surface area contributed by atoms with E-state index in [1.807, 2.05) is 0 Å². The molecule has 4 saturated carbocycles. The smallest absolute Gasteiger partial charge is 0.0165 e. The quantitative estimate of drug-likeness (QED) is 0.681. The maximum atomic E-state index is 6.54. The standard InChI is InChI=1S/C13H23N/c1-9(2)12-4-10-3-11(5-12)7-13(14,6-10)8-12/h9-11H,3-8,14H2,1-2H3. The van der Waals surface area contributed by atoms with E-state index < -0.39 is 0 Å². The second kappa shape index (κ2) is 2.55. The van der Waals surface area contributed by atoms with E-state index >= 15 is 0 Å². The number of nitrogens with two attached hydrogens (primary N) is 1. The molecule has 2 N–H and O–H groups in total. The summed E-state index contributed by atoms with van der Waals surface area (Å²) in [6.45, 7) is 4.83. The molecule has 4 fully saturated rings. The van der Waals surface area contributed by atoms with Gasteiger partial charge < -0.3 is 5.73 Å². The minimum absolute atomic E-state index is 0.244. The highest BCUT2D eigenvalue weighted by Crippen LogP contribution is 2.63. The molecule has 2 unspecified atom stereocenters. The van der Waals surface area contributed by atoms with Crippen LogP contribution in [0, 0.1) is 23.2 Å². The van der Waals surface area contributed by atoms with Crippen molar-refractivity contribution < 1.29 is 0 Å². The van der Waals surface area contributed by atoms with Crippen molar-refractivity contribution in [3.8, 4) is 0 Å². The fourth-order valence-electron chi connectivity index (χ4n) is 5.08. The molecule has 0 aromatic carbocycles. The molecule has 0 aliphatic heterocycles. The first-order valence-corrected chi connectivity index (χ1v) is 6.30. The first-order chi connectivity index (χ1) is 6.51. The maximum Gasteiger partial charge on any atom is 0.0165 e. The zero-order valence-electron chi connectivity index (χ0n) is 9.55. The van der Waals surface area contributed by atoms with Crippen molar-refractivity contribution in [2.45, 2.75) is 57.9 Å². The lowest BCUT2D eigenvalue weighted by atomic mass is 9.44. The molecular weight excluding hydrogens is 170 g/mol. The van der Waals surface area contributed by atoms with Crippen LogP contribution in [0.5, 0.6) is 0 Å². The van der Waals surface area contributed by atoms with Gasteiger partial charge >= 0.3 is 0 Å². The SMILES string of the molecule is CC(C)C12CC3CC(CC(N)(C3)C1)C2. The van der Waals surface area contributed by atoms with Crippen LogP contribution >= 0.6 is 0 Å². The summed E-state index contributed by atoms with van der Waals surface area (Å²) < 4.78 is 0. The molecule has 0 aromatic rings. The molecule has 4 bridgehead atoms. The number of hydrogen-bond acceptors (Lipinski definition) is 1. The first kappa shape index (κ1) is 9.21. The van der Waals surface area contributed by atoms with Gasteiger partial charge in [-0.2, -0.15) is 0 Å². The summed E-state index contributed by atoms with van der Waals surface area (Å²) >= 11 is 0. The van der Waals surface area contributed by atoms with Gasteiger partial charge in [0.2, 0.25) is 0 Å². The van der Waals surface area contributed by atoms with Crippen molar-refractivity contribution in [1.82, 2.24) is 0 Å². The maximum absolute atomic E-state index is 6.54. The van der Waals surface area contributed by atoms with Gasteiger partial charge in [0, 0.05) is 5.54 Å². The van der Waals surface area contributed by atoms with Gasteiger partial charge in [0.1, 0.15) is 0 Å². The van der Waals surface area contributed by atoms with Gasteiger partial charge in [-0.3, -0.25) is 0 Å². The lowest BCUT2D eigenvalue weighted by molar-refractivity contribution is -0.0913. The van der Waals surface area contributed by atoms with E-state index in [9.17, 15) is 0 Å². The molecule has 1 nitrogen and oxygen atoms in total. The van der Waals surface area contributed by atoms with Crippen LogP contribution in [0.2, 0.25) is 0 Å². The molecule has 0 radical (unpaired) electrons. The van der Waals surface area contributed by atoms with E-state index in [-0.39, 0.29) is 5.54 Å². The van der Waals surface area contributed by atoms with E-state index in [4.69, 9.17) is 5.73 Å². The van der Waals surface area contributed by atoms with Crippen molar-refractivity contribution in [2.75, 3.05) is 0 Å². The van der Waals surface area contributed by atoms with Gasteiger partial charge in [0.05, 0.1) is 0 Å². The minimum Gasteiger partial charge on any atom is -0.325 e. The molecule has 0 aromatic heterocycles. The van der Waals surface area contributed by atoms with Crippen LogP contribution in [0.25, 0.3) is 0 Å². The average Bonchev–Trinajstić information content (AvgIpc) is 1.98. The Bertz CT molecular complexity index is 242. The Hall–Kier alpha value is -0.0400. The molecule has 4 aliphatic rings. The summed E-state index contributed by atoms with van der Waals surface area (Å²) in [5.41, 5.74) is 7.43. The number of hydrogen-bond donors (Lipinski definition) is 1. The van der Waals surface area contributed by atoms with Crippen molar-refractivity contribution in [2.24, 2.45) is 28.9 Å². The summed E-state index contributed by atoms with van der Waals surface area (Å²) in [6.07, 6.45) is 8.45. The fraction of sp³-hybridized carbons (Fsp3) is 1.00. The van der Waals surface area contributed by atoms with Crippen molar-refractivity contribution in [3.05, 3.63) is 0 Å². The van der Waals surface area contributed by atoms with Gasteiger partial charge in [0.15, 0.2) is 0 Å². The topological polar surface area (TPSA) is 26.0 Å². The van der Waals surface area contributed by atoms with Crippen molar-refractivity contribution in [1.29, 1.82) is 0 Å². The summed E-state index contributed by atoms with van der Waals surface area (Å²) in [4.78, 5) is 0. The van der Waals surface area contributed by atoms with Crippen LogP contribution in [0.15, 0.2) is 0 Å². The van der Waals surface area contributed by atoms with Crippen molar-refractivity contribution >= 4 is 0 Å². The molecule has 0 spiro atoms. The van der Waals surface area contributed by atoms with Gasteiger partial charge in [-0.25, -0.2) is 0 Å². The third kappa shape index (κ3) is 1.11. The predicted octanol–water partition coefficient (Wildman–Crippen LogP) is 2.94. The summed E-state index contributed by atoms with van der Waals surface area (Å²) in [7, 11) is 0. The Kier molecular flexibility index (Phi) is 1.68. The van der Waals surface area contributed by atoms with Gasteiger partial charge in [-0.15, -0.1) is 0 Å². The van der Waals surface area contributed by atoms with Gasteiger partial charge in [0.25, 0.3) is 0 Å². The Balaban J connectivity index is 1.96. The van der Waals surface area contributed by atoms with Crippen molar-refractivity contribution in [3.63, 3.8) is 0 Å². The highest BCUT2D eigenvalue weighted by atomic mass is 14.8. The zero-order valence-corrected chi connectivity index (χ0v) is 9.55. The van der Waals surface area contributed by atoms with Crippen LogP contribution in [0.4, 0.5) is 0 Å². The average molecular weight is 193 g/mol. The highest BCUT2D eigenvalue weighted by molar-refractivity contribution is 5.11. The monoisotopic (exact) mass is 193 g/mol. The fourth-order valence-corrected chi connectivity index (χ4v) is 5.08. The predicted molar refractivity (Wildman–Crippen MR) is 58.9 cm³/mol. The normalized spacial score (nSPS) is 55.7. The third-order valence-corrected chi connectivity index (χ3v) is 5.38. The molecule has 0 amide bonds. The van der Waals surface area contributed by atoms with E-state index in [0.29, 0.717) is 5.41 Å². The molecule has 4 rings (SSSR count). The van der Waals surface area contributed by atoms with Gasteiger partial charge in [-0.1, -0.05) is 13.8 Å². The molecule has 1 heteroatoms. The molecule has 80 valence electrons. The summed E-state index contributed by atoms with van der Waals surface area (Å²) in [6, 6.07) is 0. The first-order valence-electron chi connectivity index (χ1n) is 6.30. The van der Waals surface area contributed by atoms with Crippen LogP contribution in [-0.2, 0) is 0 Å². The summed E-state index contributed by atoms with van der Waals surface area (Å²) in [5.74, 6) is 2.80. The lowest BCUT2D eigenvalue weighted by Crippen LogP contribution is -2.61. The van der Waals surface area contributed by atoms with E-state index in [1.54, 1.807) is 0 Å². The largest absolute Gasteiger partial charge is 0.325 e.